The van der Waals surface area contributed by atoms with Gasteiger partial charge in [0.05, 0.1) is 27.2 Å². The zero-order chi connectivity index (χ0) is 16.5. The third-order valence-electron chi connectivity index (χ3n) is 2.62. The molecule has 8 nitrogen and oxygen atoms in total. The van der Waals surface area contributed by atoms with Crippen LogP contribution in [0.15, 0.2) is 18.2 Å². The van der Waals surface area contributed by atoms with Crippen molar-refractivity contribution in [1.29, 1.82) is 0 Å². The number of carbonyl (C=O) groups excluding carboxylic acids is 3. The molecule has 0 fully saturated rings. The molecule has 1 aromatic rings. The van der Waals surface area contributed by atoms with Crippen LogP contribution in [0, 0.1) is 0 Å². The molecular weight excluding hydrogens is 292 g/mol. The molecule has 0 unspecified atom stereocenters. The van der Waals surface area contributed by atoms with Gasteiger partial charge >= 0.3 is 5.97 Å². The van der Waals surface area contributed by atoms with Gasteiger partial charge in [0, 0.05) is 0 Å². The molecule has 0 heterocycles. The summed E-state index contributed by atoms with van der Waals surface area (Å²) in [5.74, 6) is -0.816. The maximum Gasteiger partial charge on any atom is 0.310 e. The minimum atomic E-state index is -0.676. The summed E-state index contributed by atoms with van der Waals surface area (Å²) in [5.41, 5.74) is 5.52. The van der Waals surface area contributed by atoms with Gasteiger partial charge in [0.1, 0.15) is 0 Å². The summed E-state index contributed by atoms with van der Waals surface area (Å²) in [6.07, 6.45) is -0.0244. The van der Waals surface area contributed by atoms with Crippen molar-refractivity contribution in [3.63, 3.8) is 0 Å². The summed E-state index contributed by atoms with van der Waals surface area (Å²) in [6.45, 7) is -0.772. The predicted octanol–water partition coefficient (Wildman–Crippen LogP) is -0.609. The van der Waals surface area contributed by atoms with E-state index in [2.05, 4.69) is 5.32 Å². The SMILES string of the molecule is COc1ccc(CC(=O)OCC(=O)NCC(N)=O)cc1OC. The van der Waals surface area contributed by atoms with Crippen LogP contribution in [0.5, 0.6) is 11.5 Å². The van der Waals surface area contributed by atoms with Crippen LogP contribution in [0.2, 0.25) is 0 Å². The maximum absolute atomic E-state index is 11.6. The van der Waals surface area contributed by atoms with E-state index in [0.717, 1.165) is 0 Å². The van der Waals surface area contributed by atoms with Crippen molar-refractivity contribution >= 4 is 17.8 Å². The number of esters is 1. The predicted molar refractivity (Wildman–Crippen MR) is 76.4 cm³/mol. The summed E-state index contributed by atoms with van der Waals surface area (Å²) < 4.78 is 15.0. The van der Waals surface area contributed by atoms with Gasteiger partial charge in [-0.3, -0.25) is 14.4 Å². The van der Waals surface area contributed by atoms with E-state index in [1.807, 2.05) is 0 Å². The number of primary amides is 1. The molecule has 0 saturated heterocycles. The molecule has 0 aromatic heterocycles. The second kappa shape index (κ2) is 8.50. The lowest BCUT2D eigenvalue weighted by molar-refractivity contribution is -0.147. The number of hydrogen-bond donors (Lipinski definition) is 2. The van der Waals surface area contributed by atoms with E-state index in [9.17, 15) is 14.4 Å². The Morgan fingerprint density at radius 2 is 1.82 bits per heavy atom. The first-order valence-electron chi connectivity index (χ1n) is 6.37. The Balaban J connectivity index is 2.48. The van der Waals surface area contributed by atoms with Gasteiger partial charge in [-0.2, -0.15) is 0 Å². The van der Waals surface area contributed by atoms with Crippen molar-refractivity contribution in [1.82, 2.24) is 5.32 Å². The molecule has 0 saturated carbocycles. The van der Waals surface area contributed by atoms with Crippen LogP contribution in [-0.4, -0.2) is 45.2 Å². The molecule has 22 heavy (non-hydrogen) atoms. The van der Waals surface area contributed by atoms with Gasteiger partial charge in [-0.15, -0.1) is 0 Å². The van der Waals surface area contributed by atoms with Crippen LogP contribution in [-0.2, 0) is 25.5 Å². The van der Waals surface area contributed by atoms with Gasteiger partial charge in [-0.05, 0) is 17.7 Å². The van der Waals surface area contributed by atoms with Gasteiger partial charge in [0.2, 0.25) is 5.91 Å². The number of benzene rings is 1. The van der Waals surface area contributed by atoms with Crippen molar-refractivity contribution in [2.45, 2.75) is 6.42 Å². The van der Waals surface area contributed by atoms with Crippen molar-refractivity contribution < 1.29 is 28.6 Å². The van der Waals surface area contributed by atoms with Crippen molar-refractivity contribution in [2.75, 3.05) is 27.4 Å². The fourth-order valence-corrected chi connectivity index (χ4v) is 1.59. The first-order chi connectivity index (χ1) is 10.5. The molecular formula is C14H18N2O6. The van der Waals surface area contributed by atoms with Gasteiger partial charge in [-0.1, -0.05) is 6.07 Å². The van der Waals surface area contributed by atoms with Crippen molar-refractivity contribution in [2.24, 2.45) is 5.73 Å². The van der Waals surface area contributed by atoms with Crippen LogP contribution in [0.25, 0.3) is 0 Å². The number of rotatable bonds is 8. The lowest BCUT2D eigenvalue weighted by Crippen LogP contribution is -2.36. The second-order valence-corrected chi connectivity index (χ2v) is 4.27. The average molecular weight is 310 g/mol. The Kier molecular flexibility index (Phi) is 6.68. The zero-order valence-corrected chi connectivity index (χ0v) is 12.4. The third kappa shape index (κ3) is 5.70. The molecule has 120 valence electrons. The minimum absolute atomic E-state index is 0.0244. The number of amides is 2. The van der Waals surface area contributed by atoms with E-state index < -0.39 is 24.4 Å². The van der Waals surface area contributed by atoms with E-state index in [0.29, 0.717) is 17.1 Å². The van der Waals surface area contributed by atoms with Gasteiger partial charge < -0.3 is 25.3 Å². The molecule has 0 bridgehead atoms. The standard InChI is InChI=1S/C14H18N2O6/c1-20-10-4-3-9(5-11(10)21-2)6-14(19)22-8-13(18)16-7-12(15)17/h3-5H,6-8H2,1-2H3,(H2,15,17)(H,16,18). The van der Waals surface area contributed by atoms with Crippen LogP contribution >= 0.6 is 0 Å². The Hall–Kier alpha value is -2.77. The second-order valence-electron chi connectivity index (χ2n) is 4.27. The zero-order valence-electron chi connectivity index (χ0n) is 12.4. The number of methoxy groups -OCH3 is 2. The highest BCUT2D eigenvalue weighted by Crippen LogP contribution is 2.27. The minimum Gasteiger partial charge on any atom is -0.493 e. The van der Waals surface area contributed by atoms with E-state index >= 15 is 0 Å². The van der Waals surface area contributed by atoms with Gasteiger partial charge in [0.15, 0.2) is 18.1 Å². The summed E-state index contributed by atoms with van der Waals surface area (Å²) >= 11 is 0. The Morgan fingerprint density at radius 3 is 2.41 bits per heavy atom. The average Bonchev–Trinajstić information content (AvgIpc) is 2.50. The molecule has 0 aliphatic heterocycles. The topological polar surface area (TPSA) is 117 Å². The normalized spacial score (nSPS) is 9.73. The van der Waals surface area contributed by atoms with Gasteiger partial charge in [0.25, 0.3) is 5.91 Å². The fourth-order valence-electron chi connectivity index (χ4n) is 1.59. The van der Waals surface area contributed by atoms with E-state index in [-0.39, 0.29) is 13.0 Å². The first-order valence-corrected chi connectivity index (χ1v) is 6.37. The Morgan fingerprint density at radius 1 is 1.14 bits per heavy atom. The molecule has 1 rings (SSSR count). The molecule has 0 spiro atoms. The molecule has 2 amide bonds. The van der Waals surface area contributed by atoms with Crippen molar-refractivity contribution in [3.05, 3.63) is 23.8 Å². The molecule has 0 radical (unpaired) electrons. The maximum atomic E-state index is 11.6. The lowest BCUT2D eigenvalue weighted by Gasteiger charge is -2.09. The van der Waals surface area contributed by atoms with E-state index in [4.69, 9.17) is 19.9 Å². The summed E-state index contributed by atoms with van der Waals surface area (Å²) in [5, 5.41) is 2.21. The number of ether oxygens (including phenoxy) is 3. The first kappa shape index (κ1) is 17.3. The molecule has 1 aromatic carbocycles. The van der Waals surface area contributed by atoms with E-state index in [1.54, 1.807) is 18.2 Å². The van der Waals surface area contributed by atoms with Crippen LogP contribution in [0.3, 0.4) is 0 Å². The number of nitrogens with two attached hydrogens (primary N) is 1. The molecule has 0 aliphatic rings. The largest absolute Gasteiger partial charge is 0.493 e. The summed E-state index contributed by atoms with van der Waals surface area (Å²) in [6, 6.07) is 5.00. The molecule has 0 atom stereocenters. The number of nitrogens with one attached hydrogen (secondary N) is 1. The quantitative estimate of drug-likeness (QED) is 0.619. The summed E-state index contributed by atoms with van der Waals surface area (Å²) in [7, 11) is 3.00. The monoisotopic (exact) mass is 310 g/mol. The highest BCUT2D eigenvalue weighted by molar-refractivity contribution is 5.85. The van der Waals surface area contributed by atoms with Crippen LogP contribution < -0.4 is 20.5 Å². The number of hydrogen-bond acceptors (Lipinski definition) is 6. The number of carbonyl (C=O) groups is 3. The molecule has 3 N–H and O–H groups in total. The molecule has 0 aliphatic carbocycles. The highest BCUT2D eigenvalue weighted by Gasteiger charge is 2.11. The highest BCUT2D eigenvalue weighted by atomic mass is 16.5. The summed E-state index contributed by atoms with van der Waals surface area (Å²) in [4.78, 5) is 33.4. The van der Waals surface area contributed by atoms with Crippen molar-refractivity contribution in [3.8, 4) is 11.5 Å². The smallest absolute Gasteiger partial charge is 0.310 e. The van der Waals surface area contributed by atoms with Crippen LogP contribution in [0.4, 0.5) is 0 Å². The fraction of sp³-hybridized carbons (Fsp3) is 0.357. The Labute approximate surface area is 127 Å². The van der Waals surface area contributed by atoms with Crippen LogP contribution in [0.1, 0.15) is 5.56 Å². The van der Waals surface area contributed by atoms with Gasteiger partial charge in [-0.25, -0.2) is 0 Å². The lowest BCUT2D eigenvalue weighted by atomic mass is 10.1. The third-order valence-corrected chi connectivity index (χ3v) is 2.62. The molecule has 8 heteroatoms. The Bertz CT molecular complexity index is 558. The van der Waals surface area contributed by atoms with E-state index in [1.165, 1.54) is 14.2 Å².